The molecule has 16 heavy (non-hydrogen) atoms. The molecule has 0 aliphatic carbocycles. The highest BCUT2D eigenvalue weighted by molar-refractivity contribution is 8.07. The molecule has 0 aromatic carbocycles. The zero-order valence-corrected chi connectivity index (χ0v) is 10.9. The van der Waals surface area contributed by atoms with Crippen LogP contribution in [-0.4, -0.2) is 37.1 Å². The number of thioether (sulfide) groups is 2. The van der Waals surface area contributed by atoms with Crippen LogP contribution >= 0.6 is 23.5 Å². The molecule has 1 N–H and O–H groups in total. The van der Waals surface area contributed by atoms with Crippen molar-refractivity contribution < 1.29 is 5.11 Å². The molecule has 1 aromatic heterocycles. The summed E-state index contributed by atoms with van der Waals surface area (Å²) in [7, 11) is 0. The van der Waals surface area contributed by atoms with Gasteiger partial charge in [-0.1, -0.05) is 6.92 Å². The predicted octanol–water partition coefficient (Wildman–Crippen LogP) is 2.14. The third kappa shape index (κ3) is 2.70. The zero-order chi connectivity index (χ0) is 11.4. The molecule has 0 amide bonds. The van der Waals surface area contributed by atoms with Crippen molar-refractivity contribution in [2.75, 3.05) is 11.5 Å². The van der Waals surface area contributed by atoms with Gasteiger partial charge in [-0.2, -0.15) is 23.5 Å². The van der Waals surface area contributed by atoms with Crippen molar-refractivity contribution in [1.29, 1.82) is 0 Å². The number of nitrogens with zero attached hydrogens (tertiary/aromatic N) is 2. The van der Waals surface area contributed by atoms with Gasteiger partial charge in [-0.3, -0.25) is 9.97 Å². The summed E-state index contributed by atoms with van der Waals surface area (Å²) in [5, 5.41) is 11.1. The maximum absolute atomic E-state index is 10.3. The smallest absolute Gasteiger partial charge is 0.110 e. The molecule has 1 aliphatic rings. The standard InChI is InChI=1S/C11H16N2OS2/c1-2-9-11(16-6-5-15-9)10(14)8-7-12-3-4-13-8/h3-4,7,9-11,14H,2,5-6H2,1H3. The van der Waals surface area contributed by atoms with E-state index in [4.69, 9.17) is 0 Å². The first kappa shape index (κ1) is 12.2. The molecule has 0 bridgehead atoms. The van der Waals surface area contributed by atoms with Crippen molar-refractivity contribution in [2.24, 2.45) is 0 Å². The third-order valence-corrected chi connectivity index (χ3v) is 6.03. The van der Waals surface area contributed by atoms with Crippen LogP contribution in [0.25, 0.3) is 0 Å². The van der Waals surface area contributed by atoms with Gasteiger partial charge in [0, 0.05) is 34.4 Å². The highest BCUT2D eigenvalue weighted by Gasteiger charge is 2.32. The Hall–Kier alpha value is -0.260. The van der Waals surface area contributed by atoms with Crippen molar-refractivity contribution >= 4 is 23.5 Å². The first-order valence-electron chi connectivity index (χ1n) is 5.50. The average molecular weight is 256 g/mol. The molecule has 2 heterocycles. The first-order valence-corrected chi connectivity index (χ1v) is 7.60. The van der Waals surface area contributed by atoms with Crippen molar-refractivity contribution in [1.82, 2.24) is 9.97 Å². The Morgan fingerprint density at radius 3 is 2.94 bits per heavy atom. The lowest BCUT2D eigenvalue weighted by molar-refractivity contribution is 0.167. The maximum atomic E-state index is 10.3. The molecule has 3 atom stereocenters. The minimum Gasteiger partial charge on any atom is -0.386 e. The molecule has 1 aliphatic heterocycles. The summed E-state index contributed by atoms with van der Waals surface area (Å²) >= 11 is 3.83. The summed E-state index contributed by atoms with van der Waals surface area (Å²) in [6, 6.07) is 0. The Morgan fingerprint density at radius 1 is 1.44 bits per heavy atom. The lowest BCUT2D eigenvalue weighted by Crippen LogP contribution is -2.31. The zero-order valence-electron chi connectivity index (χ0n) is 9.24. The van der Waals surface area contributed by atoms with Gasteiger partial charge < -0.3 is 5.11 Å². The van der Waals surface area contributed by atoms with Crippen LogP contribution in [0.4, 0.5) is 0 Å². The quantitative estimate of drug-likeness (QED) is 0.897. The number of hydrogen-bond acceptors (Lipinski definition) is 5. The Morgan fingerprint density at radius 2 is 2.25 bits per heavy atom. The van der Waals surface area contributed by atoms with Crippen molar-refractivity contribution in [3.8, 4) is 0 Å². The van der Waals surface area contributed by atoms with Crippen molar-refractivity contribution in [2.45, 2.75) is 29.9 Å². The van der Waals surface area contributed by atoms with Gasteiger partial charge >= 0.3 is 0 Å². The number of aliphatic hydroxyl groups is 1. The summed E-state index contributed by atoms with van der Waals surface area (Å²) in [6.07, 6.45) is 5.55. The van der Waals surface area contributed by atoms with E-state index < -0.39 is 6.10 Å². The molecule has 1 fully saturated rings. The topological polar surface area (TPSA) is 46.0 Å². The number of rotatable bonds is 3. The lowest BCUT2D eigenvalue weighted by atomic mass is 10.1. The largest absolute Gasteiger partial charge is 0.386 e. The molecule has 88 valence electrons. The molecule has 5 heteroatoms. The molecular weight excluding hydrogens is 240 g/mol. The minimum absolute atomic E-state index is 0.250. The summed E-state index contributed by atoms with van der Waals surface area (Å²) in [6.45, 7) is 2.18. The van der Waals surface area contributed by atoms with Crippen LogP contribution in [0, 0.1) is 0 Å². The van der Waals surface area contributed by atoms with E-state index in [1.807, 2.05) is 23.5 Å². The van der Waals surface area contributed by atoms with Gasteiger partial charge in [0.15, 0.2) is 0 Å². The van der Waals surface area contributed by atoms with Gasteiger partial charge in [0.05, 0.1) is 11.9 Å². The van der Waals surface area contributed by atoms with E-state index in [1.54, 1.807) is 18.6 Å². The van der Waals surface area contributed by atoms with E-state index in [0.717, 1.165) is 12.2 Å². The Bertz CT molecular complexity index is 323. The Labute approximate surface area is 104 Å². The van der Waals surface area contributed by atoms with E-state index in [9.17, 15) is 5.11 Å². The number of aromatic nitrogens is 2. The van der Waals surface area contributed by atoms with Crippen LogP contribution in [0.2, 0.25) is 0 Å². The molecule has 2 rings (SSSR count). The first-order chi connectivity index (χ1) is 7.83. The van der Waals surface area contributed by atoms with Crippen molar-refractivity contribution in [3.63, 3.8) is 0 Å². The molecule has 0 radical (unpaired) electrons. The maximum Gasteiger partial charge on any atom is 0.110 e. The summed E-state index contributed by atoms with van der Waals surface area (Å²) < 4.78 is 0. The SMILES string of the molecule is CCC1SCCSC1C(O)c1cnccn1. The lowest BCUT2D eigenvalue weighted by Gasteiger charge is -2.32. The van der Waals surface area contributed by atoms with Crippen LogP contribution in [0.15, 0.2) is 18.6 Å². The Kier molecular flexibility index (Phi) is 4.49. The van der Waals surface area contributed by atoms with Crippen molar-refractivity contribution in [3.05, 3.63) is 24.3 Å². The third-order valence-electron chi connectivity index (χ3n) is 2.69. The van der Waals surface area contributed by atoms with Gasteiger partial charge in [0.1, 0.15) is 6.10 Å². The van der Waals surface area contributed by atoms with Gasteiger partial charge in [0.25, 0.3) is 0 Å². The van der Waals surface area contributed by atoms with Gasteiger partial charge in [-0.25, -0.2) is 0 Å². The molecule has 3 unspecified atom stereocenters. The second kappa shape index (κ2) is 5.89. The molecule has 1 saturated heterocycles. The average Bonchev–Trinajstić information content (AvgIpc) is 2.39. The van der Waals surface area contributed by atoms with Crippen LogP contribution in [0.1, 0.15) is 25.1 Å². The van der Waals surface area contributed by atoms with E-state index in [1.165, 1.54) is 5.75 Å². The summed E-state index contributed by atoms with van der Waals surface area (Å²) in [5.41, 5.74) is 0.695. The van der Waals surface area contributed by atoms with Crippen LogP contribution in [0.5, 0.6) is 0 Å². The molecule has 0 saturated carbocycles. The monoisotopic (exact) mass is 256 g/mol. The summed E-state index contributed by atoms with van der Waals surface area (Å²) in [5.74, 6) is 2.30. The predicted molar refractivity (Wildman–Crippen MR) is 69.8 cm³/mol. The number of aliphatic hydroxyl groups excluding tert-OH is 1. The molecular formula is C11H16N2OS2. The fourth-order valence-electron chi connectivity index (χ4n) is 1.86. The van der Waals surface area contributed by atoms with Gasteiger partial charge in [0.2, 0.25) is 0 Å². The molecule has 3 nitrogen and oxygen atoms in total. The highest BCUT2D eigenvalue weighted by atomic mass is 32.2. The van der Waals surface area contributed by atoms with E-state index in [-0.39, 0.29) is 5.25 Å². The molecule has 0 spiro atoms. The second-order valence-corrected chi connectivity index (χ2v) is 6.36. The minimum atomic E-state index is -0.489. The normalized spacial score (nSPS) is 27.6. The fraction of sp³-hybridized carbons (Fsp3) is 0.636. The van der Waals surface area contributed by atoms with Crippen LogP contribution in [0.3, 0.4) is 0 Å². The van der Waals surface area contributed by atoms with E-state index in [0.29, 0.717) is 10.9 Å². The van der Waals surface area contributed by atoms with E-state index in [2.05, 4.69) is 16.9 Å². The van der Waals surface area contributed by atoms with Crippen LogP contribution < -0.4 is 0 Å². The second-order valence-electron chi connectivity index (χ2n) is 3.73. The van der Waals surface area contributed by atoms with Gasteiger partial charge in [-0.05, 0) is 6.42 Å². The summed E-state index contributed by atoms with van der Waals surface area (Å²) in [4.78, 5) is 8.20. The van der Waals surface area contributed by atoms with Gasteiger partial charge in [-0.15, -0.1) is 0 Å². The fourth-order valence-corrected chi connectivity index (χ4v) is 4.98. The van der Waals surface area contributed by atoms with Crippen LogP contribution in [-0.2, 0) is 0 Å². The van der Waals surface area contributed by atoms with E-state index >= 15 is 0 Å². The highest BCUT2D eigenvalue weighted by Crippen LogP contribution is 2.39. The Balaban J connectivity index is 2.10. The number of hydrogen-bond donors (Lipinski definition) is 1. The molecule has 1 aromatic rings.